The highest BCUT2D eigenvalue weighted by Gasteiger charge is 2.20. The zero-order valence-electron chi connectivity index (χ0n) is 30.4. The summed E-state index contributed by atoms with van der Waals surface area (Å²) in [6.07, 6.45) is 6.66. The molecule has 1 aliphatic rings. The van der Waals surface area contributed by atoms with E-state index in [0.29, 0.717) is 0 Å². The van der Waals surface area contributed by atoms with Crippen molar-refractivity contribution in [2.75, 3.05) is 4.90 Å². The maximum Gasteiger partial charge on any atom is 0.0544 e. The van der Waals surface area contributed by atoms with Crippen LogP contribution in [0.25, 0.3) is 84.2 Å². The topological polar surface area (TPSA) is 8.17 Å². The van der Waals surface area contributed by atoms with Crippen molar-refractivity contribution in [3.63, 3.8) is 0 Å². The fourth-order valence-electron chi connectivity index (χ4n) is 9.08. The van der Waals surface area contributed by atoms with E-state index in [4.69, 9.17) is 0 Å². The lowest BCUT2D eigenvalue weighted by Crippen LogP contribution is -2.10. The number of anilines is 3. The fraction of sp³-hybridized carbons (Fsp3) is 0.0385. The molecule has 0 spiro atoms. The first-order valence-electron chi connectivity index (χ1n) is 19.3. The van der Waals surface area contributed by atoms with Gasteiger partial charge in [-0.25, -0.2) is 0 Å². The molecule has 1 aliphatic carbocycles. The molecule has 4 heteroatoms. The van der Waals surface area contributed by atoms with E-state index >= 15 is 0 Å². The van der Waals surface area contributed by atoms with Gasteiger partial charge in [0.05, 0.1) is 11.0 Å². The van der Waals surface area contributed by atoms with Crippen molar-refractivity contribution in [2.24, 2.45) is 0 Å². The highest BCUT2D eigenvalue weighted by Crippen LogP contribution is 2.44. The summed E-state index contributed by atoms with van der Waals surface area (Å²) < 4.78 is 7.76. The van der Waals surface area contributed by atoms with Crippen LogP contribution in [0.15, 0.2) is 182 Å². The molecular weight excluding hydrogens is 717 g/mol. The lowest BCUT2D eigenvalue weighted by atomic mass is 9.95. The van der Waals surface area contributed by atoms with Gasteiger partial charge < -0.3 is 9.47 Å². The number of hydrogen-bond acceptors (Lipinski definition) is 3. The Morgan fingerprint density at radius 2 is 1.04 bits per heavy atom. The molecule has 8 aromatic carbocycles. The predicted octanol–water partition coefficient (Wildman–Crippen LogP) is 15.9. The Balaban J connectivity index is 0.946. The van der Waals surface area contributed by atoms with Crippen molar-refractivity contribution in [3.8, 4) is 0 Å². The minimum absolute atomic E-state index is 0.976. The third-order valence-electron chi connectivity index (χ3n) is 11.7. The van der Waals surface area contributed by atoms with Gasteiger partial charge in [0, 0.05) is 73.9 Å². The number of hydrogen-bond donors (Lipinski definition) is 0. The van der Waals surface area contributed by atoms with Gasteiger partial charge in [-0.05, 0) is 108 Å². The van der Waals surface area contributed by atoms with Crippen LogP contribution in [0.5, 0.6) is 0 Å². The van der Waals surface area contributed by atoms with E-state index in [-0.39, 0.29) is 0 Å². The van der Waals surface area contributed by atoms with Crippen molar-refractivity contribution in [3.05, 3.63) is 188 Å². The average molecular weight is 751 g/mol. The highest BCUT2D eigenvalue weighted by atomic mass is 32.1. The molecule has 2 nitrogen and oxygen atoms in total. The zero-order chi connectivity index (χ0) is 36.7. The van der Waals surface area contributed by atoms with E-state index in [1.165, 1.54) is 95.4 Å². The number of aromatic nitrogens is 1. The number of benzene rings is 8. The molecule has 0 radical (unpaired) electrons. The van der Waals surface area contributed by atoms with Crippen LogP contribution in [-0.4, -0.2) is 4.57 Å². The summed E-state index contributed by atoms with van der Waals surface area (Å²) in [4.78, 5) is 2.43. The van der Waals surface area contributed by atoms with E-state index in [2.05, 4.69) is 191 Å². The SMILES string of the molecule is C1=C(c2ccc(N(c3ccc4c(c3)sc3ccccc34)c3ccc4sc5ccccc5c4c3)cc2)CCC(n2c3ccccc3c3c4ccccc4ccc32)=C1. The van der Waals surface area contributed by atoms with Gasteiger partial charge in [-0.3, -0.25) is 0 Å². The molecule has 0 unspecified atom stereocenters. The molecule has 3 aromatic heterocycles. The Morgan fingerprint density at radius 3 is 1.84 bits per heavy atom. The number of thiophene rings is 2. The van der Waals surface area contributed by atoms with Gasteiger partial charge in [-0.2, -0.15) is 0 Å². The zero-order valence-corrected chi connectivity index (χ0v) is 32.1. The molecule has 264 valence electrons. The molecule has 3 heterocycles. The van der Waals surface area contributed by atoms with E-state index < -0.39 is 0 Å². The minimum atomic E-state index is 0.976. The summed E-state index contributed by atoms with van der Waals surface area (Å²) in [6.45, 7) is 0. The van der Waals surface area contributed by atoms with Crippen molar-refractivity contribution < 1.29 is 0 Å². The van der Waals surface area contributed by atoms with Gasteiger partial charge >= 0.3 is 0 Å². The largest absolute Gasteiger partial charge is 0.313 e. The third-order valence-corrected chi connectivity index (χ3v) is 14.0. The Morgan fingerprint density at radius 1 is 0.411 bits per heavy atom. The molecule has 0 N–H and O–H groups in total. The Labute approximate surface area is 332 Å². The lowest BCUT2D eigenvalue weighted by molar-refractivity contribution is 0.992. The molecule has 0 saturated heterocycles. The van der Waals surface area contributed by atoms with Crippen molar-refractivity contribution in [1.29, 1.82) is 0 Å². The van der Waals surface area contributed by atoms with Gasteiger partial charge in [-0.15, -0.1) is 22.7 Å². The lowest BCUT2D eigenvalue weighted by Gasteiger charge is -2.26. The summed E-state index contributed by atoms with van der Waals surface area (Å²) >= 11 is 3.74. The van der Waals surface area contributed by atoms with Crippen LogP contribution in [-0.2, 0) is 0 Å². The Hall–Kier alpha value is -6.46. The summed E-state index contributed by atoms with van der Waals surface area (Å²) in [5, 5.41) is 10.5. The van der Waals surface area contributed by atoms with E-state index in [9.17, 15) is 0 Å². The average Bonchev–Trinajstić information content (AvgIpc) is 3.93. The second-order valence-electron chi connectivity index (χ2n) is 14.8. The quantitative estimate of drug-likeness (QED) is 0.170. The normalized spacial score (nSPS) is 13.4. The first-order chi connectivity index (χ1) is 27.7. The summed E-state index contributed by atoms with van der Waals surface area (Å²) in [5.41, 5.74) is 10.0. The molecule has 56 heavy (non-hydrogen) atoms. The third kappa shape index (κ3) is 4.93. The minimum Gasteiger partial charge on any atom is -0.313 e. The van der Waals surface area contributed by atoms with Crippen LogP contribution in [0.1, 0.15) is 18.4 Å². The Kier molecular flexibility index (Phi) is 7.13. The van der Waals surface area contributed by atoms with Crippen LogP contribution in [0.2, 0.25) is 0 Å². The van der Waals surface area contributed by atoms with E-state index in [1.807, 2.05) is 22.7 Å². The number of allylic oxidation sites excluding steroid dienone is 4. The van der Waals surface area contributed by atoms with Gasteiger partial charge in [0.15, 0.2) is 0 Å². The smallest absolute Gasteiger partial charge is 0.0544 e. The van der Waals surface area contributed by atoms with Crippen LogP contribution >= 0.6 is 22.7 Å². The first kappa shape index (κ1) is 31.8. The van der Waals surface area contributed by atoms with Crippen LogP contribution < -0.4 is 4.90 Å². The molecular formula is C52H34N2S2. The van der Waals surface area contributed by atoms with E-state index in [1.54, 1.807) is 0 Å². The van der Waals surface area contributed by atoms with Crippen LogP contribution in [0.4, 0.5) is 17.1 Å². The molecule has 0 fully saturated rings. The number of para-hydroxylation sites is 1. The molecule has 0 aliphatic heterocycles. The molecule has 0 atom stereocenters. The monoisotopic (exact) mass is 750 g/mol. The van der Waals surface area contributed by atoms with Gasteiger partial charge in [0.2, 0.25) is 0 Å². The maximum atomic E-state index is 2.49. The second kappa shape index (κ2) is 12.5. The number of fused-ring (bicyclic) bond motifs is 11. The fourth-order valence-corrected chi connectivity index (χ4v) is 11.3. The van der Waals surface area contributed by atoms with Gasteiger partial charge in [-0.1, -0.05) is 109 Å². The van der Waals surface area contributed by atoms with Crippen LogP contribution in [0.3, 0.4) is 0 Å². The molecule has 12 rings (SSSR count). The summed E-state index contributed by atoms with van der Waals surface area (Å²) in [6, 6.07) is 62.9. The predicted molar refractivity (Wildman–Crippen MR) is 245 cm³/mol. The standard InChI is InChI=1S/C52H34N2S2/c1-2-10-40-35(9-1)21-29-47-52(40)44-13-3-6-14-46(44)54(47)37-24-19-34(20-25-37)33-17-22-36(23-18-33)53(38-27-30-50-45(31-38)42-12-5-8-16-49(42)55-50)39-26-28-43-41-11-4-7-15-48(41)56-51(43)32-39/h1-19,21-24,26-32H,20,25H2. The van der Waals surface area contributed by atoms with Crippen molar-refractivity contribution in [2.45, 2.75) is 12.8 Å². The molecule has 0 amide bonds. The van der Waals surface area contributed by atoms with Crippen molar-refractivity contribution in [1.82, 2.24) is 4.57 Å². The van der Waals surface area contributed by atoms with Crippen molar-refractivity contribution >= 4 is 124 Å². The second-order valence-corrected chi connectivity index (χ2v) is 17.0. The van der Waals surface area contributed by atoms with Gasteiger partial charge in [0.25, 0.3) is 0 Å². The molecule has 0 saturated carbocycles. The van der Waals surface area contributed by atoms with Crippen LogP contribution in [0, 0.1) is 0 Å². The number of nitrogens with zero attached hydrogens (tertiary/aromatic N) is 2. The highest BCUT2D eigenvalue weighted by molar-refractivity contribution is 7.26. The number of rotatable bonds is 5. The Bertz CT molecular complexity index is 3430. The van der Waals surface area contributed by atoms with E-state index in [0.717, 1.165) is 24.2 Å². The molecule has 0 bridgehead atoms. The first-order valence-corrected chi connectivity index (χ1v) is 20.9. The summed E-state index contributed by atoms with van der Waals surface area (Å²) in [7, 11) is 0. The molecule has 11 aromatic rings. The maximum absolute atomic E-state index is 2.49. The van der Waals surface area contributed by atoms with Gasteiger partial charge in [0.1, 0.15) is 0 Å². The summed E-state index contributed by atoms with van der Waals surface area (Å²) in [5.74, 6) is 0.